The Morgan fingerprint density at radius 2 is 2.04 bits per heavy atom. The number of nitrogens with zero attached hydrogens (tertiary/aromatic N) is 1. The lowest BCUT2D eigenvalue weighted by Gasteiger charge is -2.30. The molecular weight excluding hydrogens is 304 g/mol. The molecule has 24 heavy (non-hydrogen) atoms. The molecule has 132 valence electrons. The predicted molar refractivity (Wildman–Crippen MR) is 94.2 cm³/mol. The first-order valence-electron chi connectivity index (χ1n) is 8.66. The molecule has 0 radical (unpaired) electrons. The molecule has 1 aromatic carbocycles. The van der Waals surface area contributed by atoms with Crippen molar-refractivity contribution in [1.82, 2.24) is 10.2 Å². The molecule has 5 heteroatoms. The van der Waals surface area contributed by atoms with Crippen molar-refractivity contribution in [3.63, 3.8) is 0 Å². The average molecular weight is 332 g/mol. The summed E-state index contributed by atoms with van der Waals surface area (Å²) in [5.74, 6) is -1.01. The Balaban J connectivity index is 2.10. The first-order valence-corrected chi connectivity index (χ1v) is 8.66. The predicted octanol–water partition coefficient (Wildman–Crippen LogP) is 3.55. The molecule has 1 aliphatic carbocycles. The van der Waals surface area contributed by atoms with E-state index in [0.29, 0.717) is 5.92 Å². The molecule has 0 heterocycles. The fourth-order valence-electron chi connectivity index (χ4n) is 3.16. The molecule has 0 spiro atoms. The number of fused-ring (bicyclic) bond motifs is 1. The lowest BCUT2D eigenvalue weighted by Crippen LogP contribution is -2.43. The van der Waals surface area contributed by atoms with Crippen molar-refractivity contribution in [3.8, 4) is 0 Å². The number of carbonyl (C=O) groups excluding carboxylic acids is 1. The van der Waals surface area contributed by atoms with Crippen LogP contribution in [0.25, 0.3) is 0 Å². The van der Waals surface area contributed by atoms with E-state index in [1.54, 1.807) is 14.0 Å². The lowest BCUT2D eigenvalue weighted by molar-refractivity contribution is -0.141. The van der Waals surface area contributed by atoms with Gasteiger partial charge in [0, 0.05) is 13.6 Å². The van der Waals surface area contributed by atoms with Gasteiger partial charge in [0.25, 0.3) is 0 Å². The summed E-state index contributed by atoms with van der Waals surface area (Å²) >= 11 is 0. The second-order valence-electron chi connectivity index (χ2n) is 7.13. The number of carboxylic acids is 1. The molecule has 1 aliphatic rings. The van der Waals surface area contributed by atoms with Gasteiger partial charge in [0.1, 0.15) is 0 Å². The molecule has 2 rings (SSSR count). The van der Waals surface area contributed by atoms with Crippen molar-refractivity contribution < 1.29 is 14.7 Å². The number of carboxylic acid groups (broad SMARTS) is 1. The van der Waals surface area contributed by atoms with E-state index >= 15 is 0 Å². The molecule has 0 aliphatic heterocycles. The van der Waals surface area contributed by atoms with E-state index in [9.17, 15) is 9.59 Å². The van der Waals surface area contributed by atoms with Crippen molar-refractivity contribution in [2.24, 2.45) is 5.92 Å². The van der Waals surface area contributed by atoms with Crippen LogP contribution < -0.4 is 5.32 Å². The summed E-state index contributed by atoms with van der Waals surface area (Å²) < 4.78 is 0. The maximum absolute atomic E-state index is 12.4. The second-order valence-corrected chi connectivity index (χ2v) is 7.13. The van der Waals surface area contributed by atoms with Crippen molar-refractivity contribution in [1.29, 1.82) is 0 Å². The number of carbonyl (C=O) groups is 2. The van der Waals surface area contributed by atoms with Gasteiger partial charge in [-0.25, -0.2) is 4.79 Å². The van der Waals surface area contributed by atoms with E-state index in [1.807, 2.05) is 0 Å². The van der Waals surface area contributed by atoms with E-state index < -0.39 is 11.9 Å². The summed E-state index contributed by atoms with van der Waals surface area (Å²) in [6.45, 7) is 6.14. The van der Waals surface area contributed by atoms with Gasteiger partial charge >= 0.3 is 12.0 Å². The number of hydrogen-bond donors (Lipinski definition) is 2. The van der Waals surface area contributed by atoms with Crippen LogP contribution in [0.5, 0.6) is 0 Å². The SMILES string of the molecule is CC(CN(C)C(=O)N[C@@H]1CCCc2ccc(C(C)C)cc21)C(=O)O. The van der Waals surface area contributed by atoms with Crippen LogP contribution in [0.4, 0.5) is 4.79 Å². The summed E-state index contributed by atoms with van der Waals surface area (Å²) in [6, 6.07) is 6.36. The maximum atomic E-state index is 12.4. The van der Waals surface area contributed by atoms with Crippen LogP contribution in [0.15, 0.2) is 18.2 Å². The van der Waals surface area contributed by atoms with E-state index in [1.165, 1.54) is 21.6 Å². The summed E-state index contributed by atoms with van der Waals surface area (Å²) in [6.07, 6.45) is 3.02. The van der Waals surface area contributed by atoms with E-state index in [4.69, 9.17) is 5.11 Å². The third-order valence-electron chi connectivity index (χ3n) is 4.76. The second kappa shape index (κ2) is 7.69. The molecule has 5 nitrogen and oxygen atoms in total. The molecule has 0 bridgehead atoms. The minimum atomic E-state index is -0.890. The zero-order valence-corrected chi connectivity index (χ0v) is 15.0. The zero-order chi connectivity index (χ0) is 17.9. The summed E-state index contributed by atoms with van der Waals surface area (Å²) in [7, 11) is 1.64. The fraction of sp³-hybridized carbons (Fsp3) is 0.579. The van der Waals surface area contributed by atoms with Crippen molar-refractivity contribution in [2.75, 3.05) is 13.6 Å². The van der Waals surface area contributed by atoms with E-state index in [0.717, 1.165) is 19.3 Å². The van der Waals surface area contributed by atoms with Crippen molar-refractivity contribution in [2.45, 2.75) is 52.0 Å². The molecule has 0 saturated carbocycles. The number of amides is 2. The van der Waals surface area contributed by atoms with Gasteiger partial charge in [-0.1, -0.05) is 39.0 Å². The number of hydrogen-bond acceptors (Lipinski definition) is 2. The van der Waals surface area contributed by atoms with Crippen LogP contribution in [0.2, 0.25) is 0 Å². The van der Waals surface area contributed by atoms with Gasteiger partial charge in [0.15, 0.2) is 0 Å². The Kier molecular flexibility index (Phi) is 5.86. The maximum Gasteiger partial charge on any atom is 0.317 e. The molecule has 1 unspecified atom stereocenters. The number of aliphatic carboxylic acids is 1. The first-order chi connectivity index (χ1) is 11.3. The Morgan fingerprint density at radius 1 is 1.33 bits per heavy atom. The topological polar surface area (TPSA) is 69.6 Å². The normalized spacial score (nSPS) is 18.0. The number of urea groups is 1. The molecule has 0 fully saturated rings. The average Bonchev–Trinajstić information content (AvgIpc) is 2.54. The van der Waals surface area contributed by atoms with Crippen LogP contribution in [0.3, 0.4) is 0 Å². The van der Waals surface area contributed by atoms with Crippen LogP contribution in [-0.4, -0.2) is 35.6 Å². The Hall–Kier alpha value is -2.04. The molecule has 0 aromatic heterocycles. The van der Waals surface area contributed by atoms with Crippen molar-refractivity contribution >= 4 is 12.0 Å². The van der Waals surface area contributed by atoms with Gasteiger partial charge in [-0.05, 0) is 41.9 Å². The van der Waals surface area contributed by atoms with Gasteiger partial charge in [-0.3, -0.25) is 4.79 Å². The highest BCUT2D eigenvalue weighted by Gasteiger charge is 2.25. The van der Waals surface area contributed by atoms with Crippen LogP contribution in [-0.2, 0) is 11.2 Å². The zero-order valence-electron chi connectivity index (χ0n) is 15.0. The molecule has 0 saturated heterocycles. The molecule has 2 amide bonds. The van der Waals surface area contributed by atoms with Gasteiger partial charge in [0.2, 0.25) is 0 Å². The van der Waals surface area contributed by atoms with Crippen LogP contribution in [0.1, 0.15) is 62.3 Å². The van der Waals surface area contributed by atoms with Crippen LogP contribution >= 0.6 is 0 Å². The first kappa shape index (κ1) is 18.3. The standard InChI is InChI=1S/C19H28N2O3/c1-12(2)15-9-8-14-6-5-7-17(16(14)10-15)20-19(24)21(4)11-13(3)18(22)23/h8-10,12-13,17H,5-7,11H2,1-4H3,(H,20,24)(H,22,23)/t13?,17-/m1/s1. The molecule has 1 aromatic rings. The smallest absolute Gasteiger partial charge is 0.317 e. The van der Waals surface area contributed by atoms with Crippen LogP contribution in [0, 0.1) is 5.92 Å². The third kappa shape index (κ3) is 4.28. The monoisotopic (exact) mass is 332 g/mol. The minimum Gasteiger partial charge on any atom is -0.481 e. The van der Waals surface area contributed by atoms with Crippen molar-refractivity contribution in [3.05, 3.63) is 34.9 Å². The van der Waals surface area contributed by atoms with E-state index in [-0.39, 0.29) is 18.6 Å². The Labute approximate surface area is 144 Å². The highest BCUT2D eigenvalue weighted by molar-refractivity contribution is 5.76. The lowest BCUT2D eigenvalue weighted by atomic mass is 9.85. The van der Waals surface area contributed by atoms with Gasteiger partial charge in [0.05, 0.1) is 12.0 Å². The summed E-state index contributed by atoms with van der Waals surface area (Å²) in [5, 5.41) is 12.1. The quantitative estimate of drug-likeness (QED) is 0.866. The minimum absolute atomic E-state index is 0.00235. The van der Waals surface area contributed by atoms with Gasteiger partial charge < -0.3 is 15.3 Å². The highest BCUT2D eigenvalue weighted by Crippen LogP contribution is 2.32. The Morgan fingerprint density at radius 3 is 2.67 bits per heavy atom. The van der Waals surface area contributed by atoms with Gasteiger partial charge in [-0.2, -0.15) is 0 Å². The molecular formula is C19H28N2O3. The Bertz CT molecular complexity index is 613. The van der Waals surface area contributed by atoms with Gasteiger partial charge in [-0.15, -0.1) is 0 Å². The number of aryl methyl sites for hydroxylation is 1. The number of rotatable bonds is 5. The number of benzene rings is 1. The summed E-state index contributed by atoms with van der Waals surface area (Å²) in [4.78, 5) is 24.8. The highest BCUT2D eigenvalue weighted by atomic mass is 16.4. The fourth-order valence-corrected chi connectivity index (χ4v) is 3.16. The van der Waals surface area contributed by atoms with E-state index in [2.05, 4.69) is 37.4 Å². The summed E-state index contributed by atoms with van der Waals surface area (Å²) in [5.41, 5.74) is 3.79. The molecule has 2 atom stereocenters. The number of nitrogens with one attached hydrogen (secondary N) is 1. The third-order valence-corrected chi connectivity index (χ3v) is 4.76. The molecule has 2 N–H and O–H groups in total. The largest absolute Gasteiger partial charge is 0.481 e.